The van der Waals surface area contributed by atoms with E-state index in [4.69, 9.17) is 14.2 Å². The largest absolute Gasteiger partial charge is 0.462 e. The van der Waals surface area contributed by atoms with E-state index in [9.17, 15) is 29.1 Å². The Morgan fingerprint density at radius 3 is 1.36 bits per heavy atom. The lowest BCUT2D eigenvalue weighted by Gasteiger charge is -2.29. The third-order valence-electron chi connectivity index (χ3n) is 3.16. The van der Waals surface area contributed by atoms with Crippen molar-refractivity contribution < 1.29 is 48.0 Å². The number of hydrogen-bond donors (Lipinski definition) is 1. The molecule has 10 nitrogen and oxygen atoms in total. The molecule has 0 saturated carbocycles. The van der Waals surface area contributed by atoms with Gasteiger partial charge in [0.15, 0.2) is 0 Å². The maximum atomic E-state index is 11.1. The molecule has 1 aliphatic rings. The van der Waals surface area contributed by atoms with E-state index in [0.717, 1.165) is 18.2 Å². The Balaban J connectivity index is 0.000000861. The third-order valence-corrected chi connectivity index (χ3v) is 3.16. The van der Waals surface area contributed by atoms with Crippen molar-refractivity contribution in [2.45, 2.75) is 12.8 Å². The molecule has 1 rings (SSSR count). The third kappa shape index (κ3) is 10.0. The fraction of sp³-hybridized carbons (Fsp3) is 0.389. The van der Waals surface area contributed by atoms with Gasteiger partial charge in [-0.05, 0) is 0 Å². The lowest BCUT2D eigenvalue weighted by atomic mass is 9.92. The first kappa shape index (κ1) is 24.7. The molecule has 0 spiro atoms. The molecule has 0 aromatic carbocycles. The van der Waals surface area contributed by atoms with Gasteiger partial charge in [0.2, 0.25) is 0 Å². The van der Waals surface area contributed by atoms with E-state index in [-0.39, 0.29) is 32.7 Å². The highest BCUT2D eigenvalue weighted by atomic mass is 16.6. The van der Waals surface area contributed by atoms with Gasteiger partial charge >= 0.3 is 29.8 Å². The van der Waals surface area contributed by atoms with Crippen LogP contribution >= 0.6 is 0 Å². The average molecular weight is 398 g/mol. The summed E-state index contributed by atoms with van der Waals surface area (Å²) in [5.74, 6) is -2.97. The van der Waals surface area contributed by atoms with Crippen LogP contribution < -0.4 is 0 Å². The Hall–Kier alpha value is -3.27. The van der Waals surface area contributed by atoms with Crippen molar-refractivity contribution >= 4 is 29.8 Å². The smallest absolute Gasteiger partial charge is 0.330 e. The molecule has 28 heavy (non-hydrogen) atoms. The number of aliphatic hydroxyl groups excluding tert-OH is 1. The number of carbonyl (C=O) groups is 5. The number of hydrogen-bond acceptors (Lipinski definition) is 10. The first-order valence-electron chi connectivity index (χ1n) is 7.94. The highest BCUT2D eigenvalue weighted by molar-refractivity contribution is 5.92. The van der Waals surface area contributed by atoms with Crippen molar-refractivity contribution in [3.8, 4) is 0 Å². The summed E-state index contributed by atoms with van der Waals surface area (Å²) in [5.41, 5.74) is -1.28. The van der Waals surface area contributed by atoms with Crippen molar-refractivity contribution in [2.75, 3.05) is 26.4 Å². The molecule has 1 N–H and O–H groups in total. The second-order valence-electron chi connectivity index (χ2n) is 5.44. The highest BCUT2D eigenvalue weighted by Gasteiger charge is 2.35. The van der Waals surface area contributed by atoms with Crippen LogP contribution in [-0.2, 0) is 42.9 Å². The summed E-state index contributed by atoms with van der Waals surface area (Å²) in [6, 6.07) is 0. The van der Waals surface area contributed by atoms with Gasteiger partial charge in [0.25, 0.3) is 0 Å². The van der Waals surface area contributed by atoms with Crippen LogP contribution in [0.1, 0.15) is 12.8 Å². The van der Waals surface area contributed by atoms with Crippen LogP contribution in [0.25, 0.3) is 0 Å². The molecule has 1 heterocycles. The summed E-state index contributed by atoms with van der Waals surface area (Å²) >= 11 is 0. The predicted octanol–water partition coefficient (Wildman–Crippen LogP) is 0.00270. The Labute approximate surface area is 161 Å². The lowest BCUT2D eigenvalue weighted by molar-refractivity contribution is -0.159. The molecule has 0 atom stereocenters. The average Bonchev–Trinajstić information content (AvgIpc) is 3.09. The zero-order valence-corrected chi connectivity index (χ0v) is 15.2. The van der Waals surface area contributed by atoms with E-state index >= 15 is 0 Å². The molecule has 1 aliphatic heterocycles. The Morgan fingerprint density at radius 1 is 0.857 bits per heavy atom. The second-order valence-corrected chi connectivity index (χ2v) is 5.44. The van der Waals surface area contributed by atoms with Crippen LogP contribution in [0.15, 0.2) is 38.0 Å². The number of carbonyl (C=O) groups excluding carboxylic acids is 5. The minimum absolute atomic E-state index is 0.263. The van der Waals surface area contributed by atoms with Crippen molar-refractivity contribution in [3.05, 3.63) is 38.0 Å². The second kappa shape index (κ2) is 13.0. The molecule has 1 fully saturated rings. The summed E-state index contributed by atoms with van der Waals surface area (Å²) in [7, 11) is 0. The van der Waals surface area contributed by atoms with Crippen LogP contribution in [0.4, 0.5) is 0 Å². The first-order chi connectivity index (χ1) is 13.2. The van der Waals surface area contributed by atoms with Crippen LogP contribution in [0, 0.1) is 5.41 Å². The Bertz CT molecular complexity index is 560. The normalized spacial score (nSPS) is 12.6. The maximum Gasteiger partial charge on any atom is 0.330 e. The Morgan fingerprint density at radius 2 is 1.18 bits per heavy atom. The van der Waals surface area contributed by atoms with Gasteiger partial charge < -0.3 is 24.1 Å². The predicted molar refractivity (Wildman–Crippen MR) is 93.3 cm³/mol. The van der Waals surface area contributed by atoms with Crippen LogP contribution in [0.5, 0.6) is 0 Å². The maximum absolute atomic E-state index is 11.1. The van der Waals surface area contributed by atoms with E-state index in [1.165, 1.54) is 0 Å². The molecule has 10 heteroatoms. The quantitative estimate of drug-likeness (QED) is 0.231. The van der Waals surface area contributed by atoms with E-state index in [1.807, 2.05) is 0 Å². The highest BCUT2D eigenvalue weighted by Crippen LogP contribution is 2.19. The molecule has 0 radical (unpaired) electrons. The van der Waals surface area contributed by atoms with Gasteiger partial charge in [-0.15, -0.1) is 0 Å². The molecule has 1 saturated heterocycles. The fourth-order valence-electron chi connectivity index (χ4n) is 1.54. The van der Waals surface area contributed by atoms with Crippen molar-refractivity contribution in [3.63, 3.8) is 0 Å². The minimum Gasteiger partial charge on any atom is -0.462 e. The zero-order chi connectivity index (χ0) is 21.6. The zero-order valence-electron chi connectivity index (χ0n) is 15.2. The molecule has 0 aliphatic carbocycles. The molecular weight excluding hydrogens is 376 g/mol. The minimum atomic E-state index is -1.28. The van der Waals surface area contributed by atoms with Crippen molar-refractivity contribution in [2.24, 2.45) is 5.41 Å². The summed E-state index contributed by atoms with van der Waals surface area (Å²) < 4.78 is 18.6. The number of aliphatic hydroxyl groups is 1. The van der Waals surface area contributed by atoms with E-state index in [1.54, 1.807) is 0 Å². The number of rotatable bonds is 10. The Kier molecular flexibility index (Phi) is 11.5. The van der Waals surface area contributed by atoms with Crippen LogP contribution in [-0.4, -0.2) is 61.4 Å². The van der Waals surface area contributed by atoms with E-state index in [2.05, 4.69) is 24.5 Å². The summed E-state index contributed by atoms with van der Waals surface area (Å²) in [4.78, 5) is 53.3. The lowest BCUT2D eigenvalue weighted by Crippen LogP contribution is -2.42. The molecule has 0 amide bonds. The van der Waals surface area contributed by atoms with E-state index < -0.39 is 41.9 Å². The number of ether oxygens (including phenoxy) is 4. The number of cyclic esters (lactones) is 2. The van der Waals surface area contributed by atoms with Gasteiger partial charge in [-0.1, -0.05) is 19.7 Å². The number of esters is 5. The van der Waals surface area contributed by atoms with Gasteiger partial charge in [0.1, 0.15) is 19.8 Å². The van der Waals surface area contributed by atoms with Crippen molar-refractivity contribution in [1.29, 1.82) is 0 Å². The summed E-state index contributed by atoms with van der Waals surface area (Å²) in [5, 5.41) is 9.48. The van der Waals surface area contributed by atoms with Crippen LogP contribution in [0.2, 0.25) is 0 Å². The molecule has 0 bridgehead atoms. The fourth-order valence-corrected chi connectivity index (χ4v) is 1.54. The van der Waals surface area contributed by atoms with Crippen molar-refractivity contribution in [1.82, 2.24) is 0 Å². The van der Waals surface area contributed by atoms with Crippen LogP contribution in [0.3, 0.4) is 0 Å². The molecular formula is C18H22O10. The molecule has 0 aromatic rings. The van der Waals surface area contributed by atoms with Gasteiger partial charge in [-0.25, -0.2) is 14.4 Å². The SMILES string of the molecule is C=CC(=O)OCC(CO)(COC(=O)C=C)COC(=O)C=C.O=C1CCC(=O)O1. The van der Waals surface area contributed by atoms with Gasteiger partial charge in [0, 0.05) is 18.2 Å². The standard InChI is InChI=1S/C14H18O7.C4H4O3/c1-4-11(16)19-8-14(7-15,9-20-12(17)5-2)10-21-13(18)6-3;5-3-1-2-4(6)7-3/h4-6,15H,1-3,7-10H2;1-2H2. The topological polar surface area (TPSA) is 142 Å². The summed E-state index contributed by atoms with van der Waals surface area (Å²) in [6.45, 7) is 8.14. The molecule has 0 aromatic heterocycles. The van der Waals surface area contributed by atoms with Gasteiger partial charge in [-0.3, -0.25) is 9.59 Å². The van der Waals surface area contributed by atoms with E-state index in [0.29, 0.717) is 0 Å². The van der Waals surface area contributed by atoms with Gasteiger partial charge in [0.05, 0.1) is 24.9 Å². The monoisotopic (exact) mass is 398 g/mol. The molecule has 0 unspecified atom stereocenters. The van der Waals surface area contributed by atoms with Gasteiger partial charge in [-0.2, -0.15) is 0 Å². The molecule has 154 valence electrons. The first-order valence-corrected chi connectivity index (χ1v) is 7.94. The summed E-state index contributed by atoms with van der Waals surface area (Å²) in [6.07, 6.45) is 3.34.